The monoisotopic (exact) mass is 520 g/mol. The molecule has 1 atom stereocenters. The molecule has 2 aromatic heterocycles. The first-order valence-corrected chi connectivity index (χ1v) is 13.4. The molecule has 0 radical (unpaired) electrons. The van der Waals surface area contributed by atoms with E-state index in [1.165, 1.54) is 22.5 Å². The summed E-state index contributed by atoms with van der Waals surface area (Å²) in [6.07, 6.45) is 5.16. The number of hydrogen-bond acceptors (Lipinski definition) is 0. The zero-order valence-corrected chi connectivity index (χ0v) is 23.8. The van der Waals surface area contributed by atoms with Crippen molar-refractivity contribution in [1.82, 2.24) is 9.97 Å². The second-order valence-corrected chi connectivity index (χ2v) is 15.1. The van der Waals surface area contributed by atoms with Crippen molar-refractivity contribution in [2.24, 2.45) is 0 Å². The van der Waals surface area contributed by atoms with E-state index in [2.05, 4.69) is 103 Å². The summed E-state index contributed by atoms with van der Waals surface area (Å²) in [6, 6.07) is 25.4. The fraction of sp³-hybridized carbons (Fsp3) is 0.357. The fourth-order valence-electron chi connectivity index (χ4n) is 4.54. The molecular formula is C28H38FeN2P2. The minimum Gasteiger partial charge on any atom is -0.364 e. The van der Waals surface area contributed by atoms with Crippen molar-refractivity contribution in [3.05, 3.63) is 108 Å². The van der Waals surface area contributed by atoms with E-state index in [-0.39, 0.29) is 30.1 Å². The smallest absolute Gasteiger partial charge is 0.364 e. The number of aromatic nitrogens is 2. The Kier molecular flexibility index (Phi) is 9.61. The molecule has 4 aromatic rings. The first kappa shape index (κ1) is 27.9. The van der Waals surface area contributed by atoms with E-state index in [4.69, 9.17) is 0 Å². The predicted molar refractivity (Wildman–Crippen MR) is 145 cm³/mol. The van der Waals surface area contributed by atoms with Crippen LogP contribution >= 0.6 is 17.2 Å². The zero-order chi connectivity index (χ0) is 23.4. The van der Waals surface area contributed by atoms with Crippen LogP contribution in [0.15, 0.2) is 85.2 Å². The van der Waals surface area contributed by atoms with Gasteiger partial charge in [0.15, 0.2) is 0 Å². The second kappa shape index (κ2) is 11.4. The molecule has 0 aliphatic carbocycles. The van der Waals surface area contributed by atoms with Crippen molar-refractivity contribution in [2.75, 3.05) is 0 Å². The largest absolute Gasteiger partial charge is 2.00 e. The molecule has 0 aliphatic rings. The number of nitrogens with one attached hydrogen (secondary N) is 2. The standard InChI is InChI=1S/C23H33N2P2.C5H5.Fe/c1-21(2,3)27(22(4,5)6)16-17-10-7-11-18(17)23(26,19-12-8-14-24-19)20-13-9-15-25-20;1-2-4-5-3-1;/h7-15,24-25H,16,26H2,1-6H3;1-5H;/q2*-1;+2. The predicted octanol–water partition coefficient (Wildman–Crippen LogP) is 8.21. The van der Waals surface area contributed by atoms with E-state index in [9.17, 15) is 0 Å². The average molecular weight is 520 g/mol. The quantitative estimate of drug-likeness (QED) is 0.151. The Bertz CT molecular complexity index is 965. The molecule has 1 unspecified atom stereocenters. The van der Waals surface area contributed by atoms with Gasteiger partial charge in [0.2, 0.25) is 0 Å². The summed E-state index contributed by atoms with van der Waals surface area (Å²) < 4.78 is 0. The number of aromatic amines is 2. The van der Waals surface area contributed by atoms with Crippen LogP contribution in [-0.4, -0.2) is 20.3 Å². The molecule has 0 saturated carbocycles. The molecule has 2 heterocycles. The van der Waals surface area contributed by atoms with Gasteiger partial charge in [-0.3, -0.25) is 0 Å². The topological polar surface area (TPSA) is 31.6 Å². The van der Waals surface area contributed by atoms with Crippen LogP contribution in [0.1, 0.15) is 64.1 Å². The Morgan fingerprint density at radius 1 is 0.788 bits per heavy atom. The summed E-state index contributed by atoms with van der Waals surface area (Å²) in [6.45, 7) is 14.4. The van der Waals surface area contributed by atoms with Crippen LogP contribution in [0, 0.1) is 0 Å². The van der Waals surface area contributed by atoms with Crippen molar-refractivity contribution >= 4 is 17.2 Å². The Morgan fingerprint density at radius 2 is 1.30 bits per heavy atom. The van der Waals surface area contributed by atoms with Gasteiger partial charge in [-0.15, -0.1) is 22.7 Å². The molecule has 4 rings (SSSR count). The minimum absolute atomic E-state index is 0. The average Bonchev–Trinajstić information content (AvgIpc) is 3.51. The number of hydrogen-bond donors (Lipinski definition) is 2. The summed E-state index contributed by atoms with van der Waals surface area (Å²) in [4.78, 5) is 6.92. The van der Waals surface area contributed by atoms with Gasteiger partial charge in [0.25, 0.3) is 0 Å². The van der Waals surface area contributed by atoms with Crippen LogP contribution in [0.2, 0.25) is 0 Å². The molecule has 2 N–H and O–H groups in total. The summed E-state index contributed by atoms with van der Waals surface area (Å²) >= 11 is 0. The van der Waals surface area contributed by atoms with Gasteiger partial charge in [-0.25, -0.2) is 18.2 Å². The Balaban J connectivity index is 0.000000568. The summed E-state index contributed by atoms with van der Waals surface area (Å²) in [7, 11) is 2.93. The van der Waals surface area contributed by atoms with Crippen molar-refractivity contribution < 1.29 is 17.1 Å². The van der Waals surface area contributed by atoms with E-state index >= 15 is 0 Å². The molecule has 5 heteroatoms. The van der Waals surface area contributed by atoms with Gasteiger partial charge < -0.3 is 9.97 Å². The fourth-order valence-corrected chi connectivity index (χ4v) is 8.76. The molecule has 0 bridgehead atoms. The van der Waals surface area contributed by atoms with E-state index in [1.54, 1.807) is 0 Å². The van der Waals surface area contributed by atoms with E-state index in [0.29, 0.717) is 10.3 Å². The van der Waals surface area contributed by atoms with Gasteiger partial charge in [-0.1, -0.05) is 47.7 Å². The Labute approximate surface area is 214 Å². The van der Waals surface area contributed by atoms with Crippen molar-refractivity contribution in [2.45, 2.75) is 63.2 Å². The van der Waals surface area contributed by atoms with Crippen LogP contribution in [-0.2, 0) is 28.4 Å². The van der Waals surface area contributed by atoms with Gasteiger partial charge in [0.1, 0.15) is 0 Å². The van der Waals surface area contributed by atoms with Crippen LogP contribution in [0.5, 0.6) is 0 Å². The second-order valence-electron chi connectivity index (χ2n) is 10.3. The van der Waals surface area contributed by atoms with E-state index in [0.717, 1.165) is 6.16 Å². The first-order chi connectivity index (χ1) is 15.0. The van der Waals surface area contributed by atoms with Crippen LogP contribution in [0.25, 0.3) is 0 Å². The van der Waals surface area contributed by atoms with Crippen molar-refractivity contribution in [3.63, 3.8) is 0 Å². The molecule has 0 aliphatic heterocycles. The molecule has 0 fully saturated rings. The molecule has 2 aromatic carbocycles. The van der Waals surface area contributed by atoms with E-state index in [1.807, 2.05) is 42.7 Å². The summed E-state index contributed by atoms with van der Waals surface area (Å²) in [5.41, 5.74) is 5.22. The Hall–Kier alpha value is -1.36. The SMILES string of the molecule is CC(C)(C)P(Cc1cc[cH-]c1C(P)(c1ccc[nH]1)c1ccc[nH]1)C(C)(C)C.[Fe+2].c1cc[cH-]c1. The van der Waals surface area contributed by atoms with Gasteiger partial charge >= 0.3 is 17.1 Å². The first-order valence-electron chi connectivity index (χ1n) is 11.3. The van der Waals surface area contributed by atoms with E-state index < -0.39 is 0 Å². The Morgan fingerprint density at radius 3 is 1.67 bits per heavy atom. The minimum atomic E-state index is -0.289. The third-order valence-electron chi connectivity index (χ3n) is 5.88. The molecule has 33 heavy (non-hydrogen) atoms. The molecular weight excluding hydrogens is 482 g/mol. The molecule has 0 amide bonds. The molecule has 2 nitrogen and oxygen atoms in total. The van der Waals surface area contributed by atoms with Gasteiger partial charge in [-0.2, -0.15) is 35.9 Å². The molecule has 0 saturated heterocycles. The van der Waals surface area contributed by atoms with Gasteiger partial charge in [0, 0.05) is 23.8 Å². The van der Waals surface area contributed by atoms with Crippen LogP contribution < -0.4 is 0 Å². The summed E-state index contributed by atoms with van der Waals surface area (Å²) in [5.74, 6) is 0. The maximum Gasteiger partial charge on any atom is 2.00 e. The summed E-state index contributed by atoms with van der Waals surface area (Å²) in [5, 5.41) is 0.331. The zero-order valence-electron chi connectivity index (χ0n) is 20.7. The normalized spacial score (nSPS) is 12.2. The third-order valence-corrected chi connectivity index (χ3v) is 10.7. The van der Waals surface area contributed by atoms with Crippen LogP contribution in [0.4, 0.5) is 0 Å². The number of H-pyrrole nitrogens is 2. The van der Waals surface area contributed by atoms with Gasteiger partial charge in [0.05, 0.1) is 5.16 Å². The third kappa shape index (κ3) is 6.61. The van der Waals surface area contributed by atoms with Crippen molar-refractivity contribution in [1.29, 1.82) is 0 Å². The molecule has 0 spiro atoms. The van der Waals surface area contributed by atoms with Crippen molar-refractivity contribution in [3.8, 4) is 0 Å². The molecule has 178 valence electrons. The maximum atomic E-state index is 3.46. The van der Waals surface area contributed by atoms with Crippen LogP contribution in [0.3, 0.4) is 0 Å². The maximum absolute atomic E-state index is 3.46. The number of rotatable bonds is 5. The van der Waals surface area contributed by atoms with Gasteiger partial charge in [-0.05, 0) is 34.6 Å².